The Balaban J connectivity index is 1.30. The van der Waals surface area contributed by atoms with Gasteiger partial charge in [-0.25, -0.2) is 21.7 Å². The SMILES string of the molecule is c1ccc([C@H]2NN[C@H](c3ccccc3)P2CCP2[C@@H](c3ccccc3)NN[C@H]2c2ccccc2)cc1. The molecule has 6 heteroatoms. The fourth-order valence-electron chi connectivity index (χ4n) is 5.33. The van der Waals surface area contributed by atoms with Crippen LogP contribution in [0.2, 0.25) is 0 Å². The van der Waals surface area contributed by atoms with E-state index in [9.17, 15) is 0 Å². The van der Waals surface area contributed by atoms with Crippen molar-refractivity contribution >= 4 is 15.8 Å². The number of hydrazine groups is 2. The van der Waals surface area contributed by atoms with Crippen molar-refractivity contribution in [2.75, 3.05) is 12.3 Å². The van der Waals surface area contributed by atoms with Gasteiger partial charge in [0.25, 0.3) is 0 Å². The van der Waals surface area contributed by atoms with E-state index in [2.05, 4.69) is 143 Å². The highest BCUT2D eigenvalue weighted by Gasteiger charge is 2.41. The molecule has 2 aliphatic rings. The Morgan fingerprint density at radius 2 is 0.583 bits per heavy atom. The minimum absolute atomic E-state index is 0.343. The van der Waals surface area contributed by atoms with E-state index in [4.69, 9.17) is 0 Å². The molecular formula is C30H32N4P2. The van der Waals surface area contributed by atoms with Crippen molar-refractivity contribution in [3.8, 4) is 0 Å². The monoisotopic (exact) mass is 510 g/mol. The Hall–Kier alpha value is -2.42. The standard InChI is InChI=1S/C30H32N4P2/c1-5-13-23(14-6-1)27-31-32-28(24-15-7-2-8-16-24)35(27)21-22-36-29(25-17-9-3-10-18-25)33-34-30(36)26-19-11-4-12-20-26/h1-20,27-34H,21-22H2/t27-,28-,29-,30+,36?/m0/s1. The minimum atomic E-state index is -0.378. The van der Waals surface area contributed by atoms with Crippen molar-refractivity contribution in [2.24, 2.45) is 0 Å². The third kappa shape index (κ3) is 5.04. The third-order valence-electron chi connectivity index (χ3n) is 7.12. The number of hydrogen-bond acceptors (Lipinski definition) is 4. The first-order valence-corrected chi connectivity index (χ1v) is 15.9. The van der Waals surface area contributed by atoms with Gasteiger partial charge in [0, 0.05) is 0 Å². The van der Waals surface area contributed by atoms with E-state index >= 15 is 0 Å². The van der Waals surface area contributed by atoms with E-state index in [1.165, 1.54) is 34.6 Å². The molecule has 4 aromatic rings. The predicted octanol–water partition coefficient (Wildman–Crippen LogP) is 6.96. The van der Waals surface area contributed by atoms with Crippen LogP contribution in [0.5, 0.6) is 0 Å². The normalized spacial score (nSPS) is 26.3. The summed E-state index contributed by atoms with van der Waals surface area (Å²) >= 11 is 0. The molecule has 6 rings (SSSR count). The maximum Gasteiger partial charge on any atom is 0.0676 e. The molecule has 2 heterocycles. The van der Waals surface area contributed by atoms with Crippen LogP contribution in [0.15, 0.2) is 121 Å². The zero-order valence-corrected chi connectivity index (χ0v) is 22.0. The Bertz CT molecular complexity index is 1030. The van der Waals surface area contributed by atoms with Crippen molar-refractivity contribution < 1.29 is 0 Å². The lowest BCUT2D eigenvalue weighted by Gasteiger charge is -2.29. The van der Waals surface area contributed by atoms with E-state index in [1.54, 1.807) is 0 Å². The molecule has 2 aliphatic heterocycles. The maximum absolute atomic E-state index is 3.69. The summed E-state index contributed by atoms with van der Waals surface area (Å²) in [5.41, 5.74) is 20.3. The predicted molar refractivity (Wildman–Crippen MR) is 153 cm³/mol. The van der Waals surface area contributed by atoms with E-state index in [1.807, 2.05) is 0 Å². The Labute approximate surface area is 216 Å². The van der Waals surface area contributed by atoms with Gasteiger partial charge in [-0.05, 0) is 34.6 Å². The summed E-state index contributed by atoms with van der Waals surface area (Å²) in [4.78, 5) is 0. The second-order valence-electron chi connectivity index (χ2n) is 9.31. The molecule has 2 saturated heterocycles. The van der Waals surface area contributed by atoms with E-state index in [-0.39, 0.29) is 15.8 Å². The van der Waals surface area contributed by atoms with Gasteiger partial charge in [-0.15, -0.1) is 0 Å². The Morgan fingerprint density at radius 3 is 0.806 bits per heavy atom. The molecule has 4 nitrogen and oxygen atoms in total. The second-order valence-corrected chi connectivity index (χ2v) is 14.3. The van der Waals surface area contributed by atoms with Crippen molar-refractivity contribution in [3.05, 3.63) is 144 Å². The average molecular weight is 511 g/mol. The van der Waals surface area contributed by atoms with Gasteiger partial charge in [0.1, 0.15) is 0 Å². The van der Waals surface area contributed by atoms with Gasteiger partial charge in [0.15, 0.2) is 0 Å². The molecule has 0 aromatic heterocycles. The number of benzene rings is 4. The highest BCUT2D eigenvalue weighted by molar-refractivity contribution is 7.62. The maximum atomic E-state index is 3.69. The molecule has 0 amide bonds. The first kappa shape index (κ1) is 23.9. The lowest BCUT2D eigenvalue weighted by atomic mass is 10.2. The number of hydrogen-bond donors (Lipinski definition) is 4. The van der Waals surface area contributed by atoms with Gasteiger partial charge in [0.2, 0.25) is 0 Å². The summed E-state index contributed by atoms with van der Waals surface area (Å²) in [6, 6.07) is 43.9. The van der Waals surface area contributed by atoms with Crippen LogP contribution in [0.25, 0.3) is 0 Å². The topological polar surface area (TPSA) is 48.1 Å². The molecule has 2 fully saturated rings. The third-order valence-corrected chi connectivity index (χ3v) is 13.3. The molecule has 4 N–H and O–H groups in total. The van der Waals surface area contributed by atoms with Gasteiger partial charge >= 0.3 is 0 Å². The Kier molecular flexibility index (Phi) is 7.53. The first-order valence-electron chi connectivity index (χ1n) is 12.6. The summed E-state index contributed by atoms with van der Waals surface area (Å²) in [5.74, 6) is 1.37. The van der Waals surface area contributed by atoms with Crippen molar-refractivity contribution in [2.45, 2.75) is 23.1 Å². The van der Waals surface area contributed by atoms with Gasteiger partial charge in [-0.1, -0.05) is 137 Å². The van der Waals surface area contributed by atoms with Gasteiger partial charge in [0.05, 0.1) is 23.1 Å². The quantitative estimate of drug-likeness (QED) is 0.203. The molecule has 0 aliphatic carbocycles. The van der Waals surface area contributed by atoms with Crippen LogP contribution >= 0.6 is 15.8 Å². The zero-order valence-electron chi connectivity index (χ0n) is 20.2. The molecule has 0 saturated carbocycles. The molecule has 0 spiro atoms. The number of nitrogens with one attached hydrogen (secondary N) is 4. The lowest BCUT2D eigenvalue weighted by Crippen LogP contribution is -2.26. The van der Waals surface area contributed by atoms with Crippen molar-refractivity contribution in [3.63, 3.8) is 0 Å². The van der Waals surface area contributed by atoms with Crippen LogP contribution in [0.4, 0.5) is 0 Å². The Morgan fingerprint density at radius 1 is 0.361 bits per heavy atom. The average Bonchev–Trinajstić information content (AvgIpc) is 3.58. The molecule has 0 bridgehead atoms. The highest BCUT2D eigenvalue weighted by Crippen LogP contribution is 2.67. The van der Waals surface area contributed by atoms with Crippen molar-refractivity contribution in [1.82, 2.24) is 21.7 Å². The molecular weight excluding hydrogens is 478 g/mol. The highest BCUT2D eigenvalue weighted by atomic mass is 31.1. The molecule has 36 heavy (non-hydrogen) atoms. The fraction of sp³-hybridized carbons (Fsp3) is 0.200. The summed E-state index contributed by atoms with van der Waals surface area (Å²) in [5, 5.41) is 0. The minimum Gasteiger partial charge on any atom is -0.245 e. The first-order chi connectivity index (χ1) is 17.9. The lowest BCUT2D eigenvalue weighted by molar-refractivity contribution is 0.555. The van der Waals surface area contributed by atoms with Crippen LogP contribution in [0, 0.1) is 0 Å². The summed E-state index contributed by atoms with van der Waals surface area (Å²) < 4.78 is 0. The van der Waals surface area contributed by atoms with Crippen LogP contribution in [0.3, 0.4) is 0 Å². The largest absolute Gasteiger partial charge is 0.245 e. The number of rotatable bonds is 7. The molecule has 182 valence electrons. The fourth-order valence-corrected chi connectivity index (χ4v) is 12.0. The van der Waals surface area contributed by atoms with Crippen LogP contribution in [-0.2, 0) is 0 Å². The molecule has 1 unspecified atom stereocenters. The molecule has 4 aromatic carbocycles. The zero-order chi connectivity index (χ0) is 24.2. The van der Waals surface area contributed by atoms with Gasteiger partial charge in [-0.2, -0.15) is 0 Å². The second kappa shape index (κ2) is 11.3. The summed E-state index contributed by atoms with van der Waals surface area (Å²) in [7, 11) is -0.756. The van der Waals surface area contributed by atoms with Crippen LogP contribution in [0.1, 0.15) is 45.4 Å². The summed E-state index contributed by atoms with van der Waals surface area (Å²) in [6.45, 7) is 0. The van der Waals surface area contributed by atoms with E-state index < -0.39 is 0 Å². The van der Waals surface area contributed by atoms with Gasteiger partial charge < -0.3 is 0 Å². The molecule has 0 radical (unpaired) electrons. The van der Waals surface area contributed by atoms with Crippen molar-refractivity contribution in [1.29, 1.82) is 0 Å². The van der Waals surface area contributed by atoms with Crippen LogP contribution in [-0.4, -0.2) is 12.3 Å². The van der Waals surface area contributed by atoms with Crippen LogP contribution < -0.4 is 21.7 Å². The smallest absolute Gasteiger partial charge is 0.0676 e. The van der Waals surface area contributed by atoms with E-state index in [0.29, 0.717) is 23.1 Å². The van der Waals surface area contributed by atoms with Gasteiger partial charge in [-0.3, -0.25) is 0 Å². The van der Waals surface area contributed by atoms with E-state index in [0.717, 1.165) is 0 Å². The summed E-state index contributed by atoms with van der Waals surface area (Å²) in [6.07, 6.45) is 2.41. The molecule has 5 atom stereocenters.